The number of nitrogens with zero attached hydrogens (tertiary/aromatic N) is 1. The average molecular weight is 377 g/mol. The molecule has 0 bridgehead atoms. The van der Waals surface area contributed by atoms with Crippen molar-refractivity contribution < 1.29 is 19.0 Å². The van der Waals surface area contributed by atoms with Crippen molar-refractivity contribution in [3.8, 4) is 17.2 Å². The normalized spacial score (nSPS) is 11.0. The molecule has 26 heavy (non-hydrogen) atoms. The molecule has 0 saturated heterocycles. The molecule has 0 saturated carbocycles. The number of halogens is 1. The molecule has 0 spiro atoms. The zero-order valence-electron chi connectivity index (χ0n) is 15.1. The molecule has 0 heterocycles. The summed E-state index contributed by atoms with van der Waals surface area (Å²) < 4.78 is 15.9. The lowest BCUT2D eigenvalue weighted by molar-refractivity contribution is -0.123. The number of benzene rings is 2. The summed E-state index contributed by atoms with van der Waals surface area (Å²) in [6.07, 6.45) is 0. The highest BCUT2D eigenvalue weighted by Gasteiger charge is 2.08. The zero-order chi connectivity index (χ0) is 19.1. The zero-order valence-corrected chi connectivity index (χ0v) is 15.9. The molecule has 2 aromatic carbocycles. The summed E-state index contributed by atoms with van der Waals surface area (Å²) in [5, 5.41) is 4.71. The first-order valence-electron chi connectivity index (χ1n) is 7.89. The number of rotatable bonds is 7. The summed E-state index contributed by atoms with van der Waals surface area (Å²) in [5.74, 6) is 1.46. The molecule has 0 aromatic heterocycles. The average Bonchev–Trinajstić information content (AvgIpc) is 2.64. The van der Waals surface area contributed by atoms with Crippen molar-refractivity contribution in [1.29, 1.82) is 0 Å². The summed E-state index contributed by atoms with van der Waals surface area (Å²) in [5.41, 5.74) is 4.76. The number of hydrogen-bond donors (Lipinski definition) is 1. The highest BCUT2D eigenvalue weighted by Crippen LogP contribution is 2.27. The molecule has 0 aliphatic rings. The first-order chi connectivity index (χ1) is 12.4. The number of aryl methyl sites for hydroxylation is 1. The van der Waals surface area contributed by atoms with Crippen LogP contribution in [0.4, 0.5) is 0 Å². The Bertz CT molecular complexity index is 821. The van der Waals surface area contributed by atoms with Gasteiger partial charge in [-0.3, -0.25) is 4.79 Å². The Balaban J connectivity index is 1.96. The molecule has 2 rings (SSSR count). The summed E-state index contributed by atoms with van der Waals surface area (Å²) in [6.45, 7) is 3.50. The van der Waals surface area contributed by atoms with Crippen LogP contribution in [-0.4, -0.2) is 32.4 Å². The molecular formula is C19H21ClN2O4. The number of carbonyl (C=O) groups is 1. The molecule has 0 fully saturated rings. The third-order valence-corrected chi connectivity index (χ3v) is 3.88. The van der Waals surface area contributed by atoms with Gasteiger partial charge in [0.05, 0.1) is 19.9 Å². The number of methoxy groups -OCH3 is 2. The van der Waals surface area contributed by atoms with Crippen molar-refractivity contribution in [3.05, 3.63) is 52.5 Å². The van der Waals surface area contributed by atoms with Gasteiger partial charge in [0, 0.05) is 10.6 Å². The molecule has 0 unspecified atom stereocenters. The minimum Gasteiger partial charge on any atom is -0.493 e. The molecule has 138 valence electrons. The fraction of sp³-hybridized carbons (Fsp3) is 0.263. The highest BCUT2D eigenvalue weighted by molar-refractivity contribution is 6.30. The maximum Gasteiger partial charge on any atom is 0.277 e. The van der Waals surface area contributed by atoms with Gasteiger partial charge < -0.3 is 14.2 Å². The summed E-state index contributed by atoms with van der Waals surface area (Å²) in [6, 6.07) is 10.6. The lowest BCUT2D eigenvalue weighted by Crippen LogP contribution is -2.25. The Hall–Kier alpha value is -2.73. The monoisotopic (exact) mass is 376 g/mol. The molecule has 2 aromatic rings. The number of nitrogens with one attached hydrogen (secondary N) is 1. The van der Waals surface area contributed by atoms with Crippen LogP contribution in [0.1, 0.15) is 18.1 Å². The molecule has 1 N–H and O–H groups in total. The fourth-order valence-electron chi connectivity index (χ4n) is 2.22. The number of hydrogen-bond acceptors (Lipinski definition) is 5. The molecular weight excluding hydrogens is 356 g/mol. The molecule has 1 amide bonds. The second-order valence-corrected chi connectivity index (χ2v) is 5.94. The maximum absolute atomic E-state index is 11.9. The third-order valence-electron chi connectivity index (χ3n) is 3.65. The second kappa shape index (κ2) is 9.10. The first kappa shape index (κ1) is 19.6. The Labute approximate surface area is 157 Å². The van der Waals surface area contributed by atoms with E-state index in [1.54, 1.807) is 51.5 Å². The Morgan fingerprint density at radius 2 is 1.77 bits per heavy atom. The maximum atomic E-state index is 11.9. The topological polar surface area (TPSA) is 69.2 Å². The van der Waals surface area contributed by atoms with E-state index >= 15 is 0 Å². The predicted octanol–water partition coefficient (Wildman–Crippen LogP) is 3.58. The number of hydrazone groups is 1. The van der Waals surface area contributed by atoms with E-state index < -0.39 is 0 Å². The van der Waals surface area contributed by atoms with E-state index in [4.69, 9.17) is 25.8 Å². The standard InChI is InChI=1S/C19H21ClN2O4/c1-12-9-15(20)6-8-16(12)26-11-19(23)22-21-13(2)14-5-7-17(24-3)18(10-14)25-4/h5-10H,11H2,1-4H3,(H,22,23)/b21-13+. The lowest BCUT2D eigenvalue weighted by atomic mass is 10.1. The van der Waals surface area contributed by atoms with E-state index in [1.165, 1.54) is 0 Å². The van der Waals surface area contributed by atoms with E-state index in [1.807, 2.05) is 13.0 Å². The van der Waals surface area contributed by atoms with Gasteiger partial charge in [0.25, 0.3) is 5.91 Å². The lowest BCUT2D eigenvalue weighted by Gasteiger charge is -2.10. The van der Waals surface area contributed by atoms with Crippen LogP contribution in [-0.2, 0) is 4.79 Å². The van der Waals surface area contributed by atoms with Crippen LogP contribution in [0.2, 0.25) is 5.02 Å². The Kier molecular flexibility index (Phi) is 6.86. The van der Waals surface area contributed by atoms with Gasteiger partial charge in [0.15, 0.2) is 18.1 Å². The quantitative estimate of drug-likeness (QED) is 0.592. The molecule has 0 aliphatic heterocycles. The van der Waals surface area contributed by atoms with E-state index in [-0.39, 0.29) is 12.5 Å². The molecule has 0 radical (unpaired) electrons. The third kappa shape index (κ3) is 5.13. The number of amides is 1. The van der Waals surface area contributed by atoms with Crippen LogP contribution in [0.3, 0.4) is 0 Å². The van der Waals surface area contributed by atoms with Crippen molar-refractivity contribution in [2.45, 2.75) is 13.8 Å². The molecule has 6 nitrogen and oxygen atoms in total. The summed E-state index contributed by atoms with van der Waals surface area (Å²) in [7, 11) is 3.13. The van der Waals surface area contributed by atoms with Crippen LogP contribution in [0, 0.1) is 6.92 Å². The van der Waals surface area contributed by atoms with Gasteiger partial charge in [-0.1, -0.05) is 11.6 Å². The Morgan fingerprint density at radius 3 is 2.42 bits per heavy atom. The van der Waals surface area contributed by atoms with Gasteiger partial charge in [-0.05, 0) is 55.8 Å². The minimum absolute atomic E-state index is 0.148. The van der Waals surface area contributed by atoms with Crippen LogP contribution >= 0.6 is 11.6 Å². The van der Waals surface area contributed by atoms with Gasteiger partial charge in [0.2, 0.25) is 0 Å². The van der Waals surface area contributed by atoms with E-state index in [0.717, 1.165) is 11.1 Å². The van der Waals surface area contributed by atoms with E-state index in [0.29, 0.717) is 28.0 Å². The van der Waals surface area contributed by atoms with Gasteiger partial charge >= 0.3 is 0 Å². The molecule has 0 atom stereocenters. The second-order valence-electron chi connectivity index (χ2n) is 5.50. The largest absolute Gasteiger partial charge is 0.493 e. The van der Waals surface area contributed by atoms with Crippen molar-refractivity contribution in [2.75, 3.05) is 20.8 Å². The van der Waals surface area contributed by atoms with Crippen LogP contribution in [0.5, 0.6) is 17.2 Å². The molecule has 0 aliphatic carbocycles. The van der Waals surface area contributed by atoms with Crippen molar-refractivity contribution >= 4 is 23.2 Å². The first-order valence-corrected chi connectivity index (χ1v) is 8.27. The minimum atomic E-state index is -0.362. The van der Waals surface area contributed by atoms with Gasteiger partial charge in [-0.2, -0.15) is 5.10 Å². The number of carbonyl (C=O) groups excluding carboxylic acids is 1. The van der Waals surface area contributed by atoms with Gasteiger partial charge in [0.1, 0.15) is 5.75 Å². The van der Waals surface area contributed by atoms with Crippen LogP contribution in [0.15, 0.2) is 41.5 Å². The van der Waals surface area contributed by atoms with E-state index in [2.05, 4.69) is 10.5 Å². The summed E-state index contributed by atoms with van der Waals surface area (Å²) in [4.78, 5) is 11.9. The number of ether oxygens (including phenoxy) is 3. The van der Waals surface area contributed by atoms with Crippen molar-refractivity contribution in [1.82, 2.24) is 5.43 Å². The molecule has 7 heteroatoms. The van der Waals surface area contributed by atoms with Crippen LogP contribution in [0.25, 0.3) is 0 Å². The van der Waals surface area contributed by atoms with Crippen LogP contribution < -0.4 is 19.6 Å². The van der Waals surface area contributed by atoms with Crippen molar-refractivity contribution in [2.24, 2.45) is 5.10 Å². The van der Waals surface area contributed by atoms with Gasteiger partial charge in [-0.15, -0.1) is 0 Å². The van der Waals surface area contributed by atoms with E-state index in [9.17, 15) is 4.79 Å². The smallest absolute Gasteiger partial charge is 0.277 e. The predicted molar refractivity (Wildman–Crippen MR) is 102 cm³/mol. The summed E-state index contributed by atoms with van der Waals surface area (Å²) >= 11 is 5.89. The fourth-order valence-corrected chi connectivity index (χ4v) is 2.45. The highest BCUT2D eigenvalue weighted by atomic mass is 35.5. The Morgan fingerprint density at radius 1 is 1.08 bits per heavy atom. The SMILES string of the molecule is COc1ccc(/C(C)=N/NC(=O)COc2ccc(Cl)cc2C)cc1OC. The van der Waals surface area contributed by atoms with Gasteiger partial charge in [-0.25, -0.2) is 5.43 Å². The van der Waals surface area contributed by atoms with Crippen molar-refractivity contribution in [3.63, 3.8) is 0 Å².